The Bertz CT molecular complexity index is 586. The van der Waals surface area contributed by atoms with Crippen LogP contribution in [0.2, 0.25) is 0 Å². The SMILES string of the molecule is C[n+]1ccc2c3c(ccc2c1)CCCCCCCCC3. The highest BCUT2D eigenvalue weighted by Crippen LogP contribution is 2.26. The molecule has 1 heterocycles. The van der Waals surface area contributed by atoms with Crippen LogP contribution in [-0.2, 0) is 19.9 Å². The number of benzene rings is 1. The molecule has 0 atom stereocenters. The molecule has 1 aliphatic carbocycles. The molecule has 0 N–H and O–H groups in total. The van der Waals surface area contributed by atoms with Gasteiger partial charge in [0.2, 0.25) is 0 Å². The first-order valence-electron chi connectivity index (χ1n) is 8.24. The Kier molecular flexibility index (Phi) is 4.34. The molecule has 0 saturated heterocycles. The zero-order chi connectivity index (χ0) is 13.8. The molecule has 1 heteroatoms. The van der Waals surface area contributed by atoms with Crippen LogP contribution < -0.4 is 4.57 Å². The standard InChI is InChI=1S/C19H26N/c1-20-14-13-19-17(15-20)12-11-16-9-7-5-3-2-4-6-8-10-18(16)19/h11-15H,2-10H2,1H3/q+1. The first-order chi connectivity index (χ1) is 9.84. The van der Waals surface area contributed by atoms with Gasteiger partial charge < -0.3 is 0 Å². The van der Waals surface area contributed by atoms with Gasteiger partial charge in [-0.05, 0) is 48.3 Å². The molecule has 1 aliphatic rings. The molecule has 0 saturated carbocycles. The summed E-state index contributed by atoms with van der Waals surface area (Å²) in [4.78, 5) is 0. The number of nitrogens with zero attached hydrogens (tertiary/aromatic N) is 1. The molecule has 20 heavy (non-hydrogen) atoms. The number of aryl methyl sites for hydroxylation is 3. The maximum absolute atomic E-state index is 2.38. The lowest BCUT2D eigenvalue weighted by molar-refractivity contribution is -0.670. The molecule has 3 rings (SSSR count). The second-order valence-electron chi connectivity index (χ2n) is 6.29. The van der Waals surface area contributed by atoms with Gasteiger partial charge in [-0.15, -0.1) is 0 Å². The number of pyridine rings is 1. The van der Waals surface area contributed by atoms with E-state index in [2.05, 4.69) is 42.2 Å². The molecule has 0 amide bonds. The third-order valence-electron chi connectivity index (χ3n) is 4.68. The van der Waals surface area contributed by atoms with E-state index in [4.69, 9.17) is 0 Å². The van der Waals surface area contributed by atoms with E-state index in [9.17, 15) is 0 Å². The lowest BCUT2D eigenvalue weighted by Crippen LogP contribution is -2.26. The molecule has 1 aromatic carbocycles. The third-order valence-corrected chi connectivity index (χ3v) is 4.68. The Hall–Kier alpha value is -1.37. The Labute approximate surface area is 122 Å². The molecule has 1 aromatic heterocycles. The molecular formula is C19H26N+. The van der Waals surface area contributed by atoms with Gasteiger partial charge in [0, 0.05) is 11.5 Å². The van der Waals surface area contributed by atoms with Crippen LogP contribution in [0.4, 0.5) is 0 Å². The highest BCUT2D eigenvalue weighted by molar-refractivity contribution is 5.85. The van der Waals surface area contributed by atoms with E-state index in [1.54, 1.807) is 11.1 Å². The zero-order valence-electron chi connectivity index (χ0n) is 12.7. The highest BCUT2D eigenvalue weighted by atomic mass is 14.9. The van der Waals surface area contributed by atoms with Crippen LogP contribution in [0.1, 0.15) is 56.1 Å². The molecule has 106 valence electrons. The number of hydrogen-bond acceptors (Lipinski definition) is 0. The molecule has 0 bridgehead atoms. The smallest absolute Gasteiger partial charge is 0.176 e. The summed E-state index contributed by atoms with van der Waals surface area (Å²) in [5, 5.41) is 2.88. The molecule has 0 spiro atoms. The van der Waals surface area contributed by atoms with Crippen molar-refractivity contribution in [1.82, 2.24) is 0 Å². The Morgan fingerprint density at radius 3 is 2.30 bits per heavy atom. The van der Waals surface area contributed by atoms with Gasteiger partial charge in [-0.3, -0.25) is 0 Å². The minimum absolute atomic E-state index is 1.26. The number of hydrogen-bond donors (Lipinski definition) is 0. The number of aromatic nitrogens is 1. The van der Waals surface area contributed by atoms with Crippen LogP contribution in [0, 0.1) is 0 Å². The van der Waals surface area contributed by atoms with Gasteiger partial charge in [-0.25, -0.2) is 4.57 Å². The first kappa shape index (κ1) is 13.6. The molecule has 2 aromatic rings. The minimum Gasteiger partial charge on any atom is -0.207 e. The van der Waals surface area contributed by atoms with Crippen molar-refractivity contribution < 1.29 is 4.57 Å². The lowest BCUT2D eigenvalue weighted by atomic mass is 9.93. The predicted molar refractivity (Wildman–Crippen MR) is 84.9 cm³/mol. The molecular weight excluding hydrogens is 242 g/mol. The minimum atomic E-state index is 1.26. The van der Waals surface area contributed by atoms with Gasteiger partial charge in [-0.2, -0.15) is 0 Å². The average Bonchev–Trinajstić information content (AvgIpc) is 2.51. The average molecular weight is 268 g/mol. The van der Waals surface area contributed by atoms with E-state index in [1.807, 2.05) is 0 Å². The molecule has 1 nitrogen and oxygen atoms in total. The van der Waals surface area contributed by atoms with Crippen LogP contribution in [0.5, 0.6) is 0 Å². The van der Waals surface area contributed by atoms with E-state index < -0.39 is 0 Å². The van der Waals surface area contributed by atoms with Crippen molar-refractivity contribution in [3.8, 4) is 0 Å². The number of rotatable bonds is 0. The Morgan fingerprint density at radius 2 is 1.50 bits per heavy atom. The summed E-state index contributed by atoms with van der Waals surface area (Å²) >= 11 is 0. The van der Waals surface area contributed by atoms with Gasteiger partial charge in [-0.1, -0.05) is 38.2 Å². The Morgan fingerprint density at radius 1 is 0.800 bits per heavy atom. The summed E-state index contributed by atoms with van der Waals surface area (Å²) in [6.45, 7) is 0. The monoisotopic (exact) mass is 268 g/mol. The van der Waals surface area contributed by atoms with Crippen molar-refractivity contribution in [2.24, 2.45) is 7.05 Å². The Balaban J connectivity index is 2.00. The van der Waals surface area contributed by atoms with Gasteiger partial charge in [0.15, 0.2) is 12.4 Å². The van der Waals surface area contributed by atoms with Crippen LogP contribution >= 0.6 is 0 Å². The maximum atomic E-state index is 2.38. The predicted octanol–water partition coefficient (Wildman–Crippen LogP) is 4.49. The lowest BCUT2D eigenvalue weighted by Gasteiger charge is -2.12. The maximum Gasteiger partial charge on any atom is 0.176 e. The van der Waals surface area contributed by atoms with Crippen molar-refractivity contribution in [2.45, 2.75) is 57.8 Å². The van der Waals surface area contributed by atoms with E-state index in [0.29, 0.717) is 0 Å². The largest absolute Gasteiger partial charge is 0.207 e. The van der Waals surface area contributed by atoms with Crippen molar-refractivity contribution in [2.75, 3.05) is 0 Å². The molecule has 0 unspecified atom stereocenters. The zero-order valence-corrected chi connectivity index (χ0v) is 12.7. The summed E-state index contributed by atoms with van der Waals surface area (Å²) < 4.78 is 2.15. The van der Waals surface area contributed by atoms with E-state index in [-0.39, 0.29) is 0 Å². The summed E-state index contributed by atoms with van der Waals surface area (Å²) in [5.41, 5.74) is 3.23. The number of fused-ring (bicyclic) bond motifs is 3. The fourth-order valence-electron chi connectivity index (χ4n) is 3.52. The van der Waals surface area contributed by atoms with E-state index in [0.717, 1.165) is 0 Å². The summed E-state index contributed by atoms with van der Waals surface area (Å²) in [6.07, 6.45) is 16.8. The highest BCUT2D eigenvalue weighted by Gasteiger charge is 2.10. The van der Waals surface area contributed by atoms with Crippen LogP contribution in [0.15, 0.2) is 30.6 Å². The van der Waals surface area contributed by atoms with Crippen LogP contribution in [0.3, 0.4) is 0 Å². The van der Waals surface area contributed by atoms with Crippen molar-refractivity contribution >= 4 is 10.8 Å². The molecule has 0 fully saturated rings. The molecule has 0 radical (unpaired) electrons. The topological polar surface area (TPSA) is 3.88 Å². The van der Waals surface area contributed by atoms with Crippen molar-refractivity contribution in [3.05, 3.63) is 41.7 Å². The van der Waals surface area contributed by atoms with Gasteiger partial charge in [0.05, 0.1) is 0 Å². The first-order valence-corrected chi connectivity index (χ1v) is 8.24. The van der Waals surface area contributed by atoms with Gasteiger partial charge in [0.1, 0.15) is 7.05 Å². The normalized spacial score (nSPS) is 17.4. The van der Waals surface area contributed by atoms with Gasteiger partial charge in [0.25, 0.3) is 0 Å². The summed E-state index contributed by atoms with van der Waals surface area (Å²) in [6, 6.07) is 7.01. The quantitative estimate of drug-likeness (QED) is 0.620. The second-order valence-corrected chi connectivity index (χ2v) is 6.29. The van der Waals surface area contributed by atoms with E-state index in [1.165, 1.54) is 68.6 Å². The van der Waals surface area contributed by atoms with Crippen molar-refractivity contribution in [3.63, 3.8) is 0 Å². The molecule has 0 aliphatic heterocycles. The fourth-order valence-corrected chi connectivity index (χ4v) is 3.52. The van der Waals surface area contributed by atoms with E-state index >= 15 is 0 Å². The summed E-state index contributed by atoms with van der Waals surface area (Å²) in [7, 11) is 2.11. The van der Waals surface area contributed by atoms with Gasteiger partial charge >= 0.3 is 0 Å². The third kappa shape index (κ3) is 3.03. The summed E-state index contributed by atoms with van der Waals surface area (Å²) in [5.74, 6) is 0. The second kappa shape index (κ2) is 6.39. The fraction of sp³-hybridized carbons (Fsp3) is 0.526. The van der Waals surface area contributed by atoms with Crippen LogP contribution in [0.25, 0.3) is 10.8 Å². The van der Waals surface area contributed by atoms with Crippen molar-refractivity contribution in [1.29, 1.82) is 0 Å². The van der Waals surface area contributed by atoms with Crippen LogP contribution in [-0.4, -0.2) is 0 Å².